The monoisotopic (exact) mass is 281 g/mol. The second-order valence-electron chi connectivity index (χ2n) is 5.27. The molecule has 1 aromatic heterocycles. The van der Waals surface area contributed by atoms with E-state index in [1.54, 1.807) is 0 Å². The zero-order valence-electron chi connectivity index (χ0n) is 11.1. The first-order valence-corrected chi connectivity index (χ1v) is 7.33. The zero-order chi connectivity index (χ0) is 13.9. The van der Waals surface area contributed by atoms with E-state index in [0.717, 1.165) is 22.6 Å². The average Bonchev–Trinajstić information content (AvgIpc) is 3.07. The second kappa shape index (κ2) is 5.84. The highest BCUT2D eigenvalue weighted by Crippen LogP contribution is 2.44. The van der Waals surface area contributed by atoms with E-state index in [9.17, 15) is 9.59 Å². The summed E-state index contributed by atoms with van der Waals surface area (Å²) >= 11 is 1.46. The number of ketones is 1. The quantitative estimate of drug-likeness (QED) is 0.750. The van der Waals surface area contributed by atoms with Crippen LogP contribution in [0.15, 0.2) is 12.1 Å². The minimum Gasteiger partial charge on any atom is -0.396 e. The van der Waals surface area contributed by atoms with Crippen molar-refractivity contribution in [2.75, 3.05) is 13.2 Å². The second-order valence-corrected chi connectivity index (χ2v) is 6.56. The predicted molar refractivity (Wildman–Crippen MR) is 74.4 cm³/mol. The lowest BCUT2D eigenvalue weighted by Gasteiger charge is -2.12. The minimum atomic E-state index is -0.110. The number of amides is 1. The number of Topliss-reactive ketones (excluding diaryl/α,β-unsaturated/α-hetero) is 1. The number of carbonyl (C=O) groups excluding carboxylic acids is 2. The van der Waals surface area contributed by atoms with Crippen LogP contribution < -0.4 is 5.32 Å². The van der Waals surface area contributed by atoms with Crippen molar-refractivity contribution in [3.63, 3.8) is 0 Å². The van der Waals surface area contributed by atoms with Gasteiger partial charge in [-0.3, -0.25) is 9.59 Å². The first-order chi connectivity index (χ1) is 9.04. The number of hydrogen-bond donors (Lipinski definition) is 2. The van der Waals surface area contributed by atoms with Crippen molar-refractivity contribution in [1.82, 2.24) is 5.32 Å². The van der Waals surface area contributed by atoms with Crippen LogP contribution in [0.1, 0.15) is 40.2 Å². The number of carbonyl (C=O) groups is 2. The molecule has 1 aliphatic carbocycles. The molecule has 0 aromatic carbocycles. The Hall–Kier alpha value is -1.20. The van der Waals surface area contributed by atoms with Gasteiger partial charge in [0.05, 0.1) is 11.5 Å². The average molecular weight is 281 g/mol. The van der Waals surface area contributed by atoms with E-state index in [2.05, 4.69) is 5.32 Å². The Morgan fingerprint density at radius 3 is 2.63 bits per heavy atom. The molecule has 4 nitrogen and oxygen atoms in total. The van der Waals surface area contributed by atoms with E-state index in [4.69, 9.17) is 5.11 Å². The zero-order valence-corrected chi connectivity index (χ0v) is 11.9. The van der Waals surface area contributed by atoms with Crippen molar-refractivity contribution in [3.8, 4) is 0 Å². The number of nitrogens with one attached hydrogen (secondary N) is 1. The molecule has 0 atom stereocenters. The third-order valence-electron chi connectivity index (χ3n) is 3.55. The summed E-state index contributed by atoms with van der Waals surface area (Å²) in [7, 11) is 0. The molecule has 2 rings (SSSR count). The molecule has 1 fully saturated rings. The Balaban J connectivity index is 1.70. The lowest BCUT2D eigenvalue weighted by molar-refractivity contribution is -0.121. The van der Waals surface area contributed by atoms with Gasteiger partial charge in [-0.25, -0.2) is 0 Å². The molecular formula is C14H19NO3S. The van der Waals surface area contributed by atoms with E-state index in [-0.39, 0.29) is 36.6 Å². The number of rotatable bonds is 7. The number of aryl methyl sites for hydroxylation is 1. The topological polar surface area (TPSA) is 66.4 Å². The molecule has 0 radical (unpaired) electrons. The van der Waals surface area contributed by atoms with E-state index in [1.807, 2.05) is 19.1 Å². The molecule has 1 aromatic rings. The van der Waals surface area contributed by atoms with Crippen molar-refractivity contribution in [3.05, 3.63) is 21.9 Å². The fourth-order valence-corrected chi connectivity index (χ4v) is 2.71. The van der Waals surface area contributed by atoms with Crippen LogP contribution in [-0.4, -0.2) is 29.9 Å². The Morgan fingerprint density at radius 2 is 2.11 bits per heavy atom. The van der Waals surface area contributed by atoms with Crippen LogP contribution in [-0.2, 0) is 4.79 Å². The van der Waals surface area contributed by atoms with Gasteiger partial charge in [0.15, 0.2) is 5.78 Å². The largest absolute Gasteiger partial charge is 0.396 e. The van der Waals surface area contributed by atoms with Gasteiger partial charge in [-0.15, -0.1) is 11.3 Å². The molecule has 0 spiro atoms. The lowest BCUT2D eigenvalue weighted by atomic mass is 10.1. The lowest BCUT2D eigenvalue weighted by Crippen LogP contribution is -2.31. The molecule has 0 unspecified atom stereocenters. The van der Waals surface area contributed by atoms with Crippen molar-refractivity contribution in [2.24, 2.45) is 5.41 Å². The van der Waals surface area contributed by atoms with Crippen LogP contribution in [0.2, 0.25) is 0 Å². The highest BCUT2D eigenvalue weighted by molar-refractivity contribution is 7.14. The van der Waals surface area contributed by atoms with Gasteiger partial charge in [-0.2, -0.15) is 0 Å². The van der Waals surface area contributed by atoms with Crippen molar-refractivity contribution in [1.29, 1.82) is 0 Å². The summed E-state index contributed by atoms with van der Waals surface area (Å²) in [6, 6.07) is 3.72. The smallest absolute Gasteiger partial charge is 0.220 e. The molecule has 0 saturated heterocycles. The molecule has 2 N–H and O–H groups in total. The van der Waals surface area contributed by atoms with Gasteiger partial charge < -0.3 is 10.4 Å². The van der Waals surface area contributed by atoms with Gasteiger partial charge in [-0.1, -0.05) is 0 Å². The first-order valence-electron chi connectivity index (χ1n) is 6.52. The summed E-state index contributed by atoms with van der Waals surface area (Å²) in [5.41, 5.74) is -0.0788. The first kappa shape index (κ1) is 14.2. The van der Waals surface area contributed by atoms with Crippen LogP contribution in [0.4, 0.5) is 0 Å². The minimum absolute atomic E-state index is 0.0246. The number of aliphatic hydroxyl groups is 1. The van der Waals surface area contributed by atoms with Crippen molar-refractivity contribution < 1.29 is 14.7 Å². The summed E-state index contributed by atoms with van der Waals surface area (Å²) in [5, 5.41) is 11.9. The molecule has 1 aliphatic rings. The molecule has 1 amide bonds. The maximum absolute atomic E-state index is 11.8. The normalized spacial score (nSPS) is 16.1. The molecule has 0 aliphatic heterocycles. The molecule has 0 bridgehead atoms. The van der Waals surface area contributed by atoms with Crippen molar-refractivity contribution in [2.45, 2.75) is 32.6 Å². The molecule has 19 heavy (non-hydrogen) atoms. The summed E-state index contributed by atoms with van der Waals surface area (Å²) in [6.45, 7) is 2.60. The maximum atomic E-state index is 11.8. The summed E-state index contributed by atoms with van der Waals surface area (Å²) in [4.78, 5) is 25.3. The molecule has 104 valence electrons. The summed E-state index contributed by atoms with van der Waals surface area (Å²) in [6.07, 6.45) is 2.41. The maximum Gasteiger partial charge on any atom is 0.220 e. The number of thiophene rings is 1. The van der Waals surface area contributed by atoms with Gasteiger partial charge in [-0.05, 0) is 31.9 Å². The third-order valence-corrected chi connectivity index (χ3v) is 4.59. The summed E-state index contributed by atoms with van der Waals surface area (Å²) in [5.74, 6) is -0.0853. The molecule has 5 heteroatoms. The van der Waals surface area contributed by atoms with Crippen molar-refractivity contribution >= 4 is 23.0 Å². The molecule has 1 saturated carbocycles. The highest BCUT2D eigenvalue weighted by atomic mass is 32.1. The van der Waals surface area contributed by atoms with E-state index >= 15 is 0 Å². The Labute approximate surface area is 116 Å². The van der Waals surface area contributed by atoms with Gasteiger partial charge in [0.25, 0.3) is 0 Å². The third kappa shape index (κ3) is 3.88. The van der Waals surface area contributed by atoms with E-state index < -0.39 is 0 Å². The van der Waals surface area contributed by atoms with E-state index in [1.165, 1.54) is 11.3 Å². The Kier molecular flexibility index (Phi) is 4.37. The van der Waals surface area contributed by atoms with Gasteiger partial charge >= 0.3 is 0 Å². The predicted octanol–water partition coefficient (Wildman–Crippen LogP) is 1.91. The van der Waals surface area contributed by atoms with Crippen LogP contribution in [0.5, 0.6) is 0 Å². The highest BCUT2D eigenvalue weighted by Gasteiger charge is 2.41. The number of aliphatic hydroxyl groups excluding tert-OH is 1. The van der Waals surface area contributed by atoms with Crippen LogP contribution >= 0.6 is 11.3 Å². The van der Waals surface area contributed by atoms with Gasteiger partial charge in [0.1, 0.15) is 0 Å². The molecular weight excluding hydrogens is 262 g/mol. The molecule has 1 heterocycles. The van der Waals surface area contributed by atoms with E-state index in [0.29, 0.717) is 6.54 Å². The van der Waals surface area contributed by atoms with Crippen LogP contribution in [0.25, 0.3) is 0 Å². The summed E-state index contributed by atoms with van der Waals surface area (Å²) < 4.78 is 0. The standard InChI is InChI=1S/C14H19NO3S/c1-10-2-4-12(19-10)11(17)3-5-13(18)15-8-14(9-16)6-7-14/h2,4,16H,3,5-9H2,1H3,(H,15,18). The Morgan fingerprint density at radius 1 is 1.37 bits per heavy atom. The van der Waals surface area contributed by atoms with Crippen LogP contribution in [0, 0.1) is 12.3 Å². The van der Waals surface area contributed by atoms with Gasteiger partial charge in [0.2, 0.25) is 5.91 Å². The fourth-order valence-electron chi connectivity index (χ4n) is 1.88. The number of hydrogen-bond acceptors (Lipinski definition) is 4. The SMILES string of the molecule is Cc1ccc(C(=O)CCC(=O)NCC2(CO)CC2)s1. The van der Waals surface area contributed by atoms with Crippen LogP contribution in [0.3, 0.4) is 0 Å². The fraction of sp³-hybridized carbons (Fsp3) is 0.571. The Bertz CT molecular complexity index is 477. The van der Waals surface area contributed by atoms with Gasteiger partial charge in [0, 0.05) is 29.7 Å².